The third-order valence-corrected chi connectivity index (χ3v) is 4.08. The van der Waals surface area contributed by atoms with Crippen LogP contribution < -0.4 is 5.32 Å². The Balaban J connectivity index is 2.03. The number of hydrogen-bond acceptors (Lipinski definition) is 3. The Morgan fingerprint density at radius 1 is 1.27 bits per heavy atom. The number of carbonyl (C=O) groups is 1. The molecule has 1 aromatic heterocycles. The fraction of sp³-hybridized carbons (Fsp3) is 0.389. The quantitative estimate of drug-likeness (QED) is 0.862. The molecule has 0 fully saturated rings. The van der Waals surface area contributed by atoms with Crippen LogP contribution in [0, 0.1) is 12.3 Å². The second-order valence-electron chi connectivity index (χ2n) is 6.09. The number of aliphatic hydroxyl groups is 1. The second-order valence-corrected chi connectivity index (χ2v) is 6.09. The minimum absolute atomic E-state index is 0.256. The molecule has 0 radical (unpaired) electrons. The Morgan fingerprint density at radius 2 is 1.95 bits per heavy atom. The molecule has 2 aromatic rings. The van der Waals surface area contributed by atoms with E-state index >= 15 is 0 Å². The highest BCUT2D eigenvalue weighted by Crippen LogP contribution is 2.26. The first-order valence-electron chi connectivity index (χ1n) is 7.47. The lowest BCUT2D eigenvalue weighted by atomic mass is 9.79. The van der Waals surface area contributed by atoms with E-state index in [9.17, 15) is 9.90 Å². The molecule has 118 valence electrons. The van der Waals surface area contributed by atoms with Gasteiger partial charge in [-0.3, -0.25) is 4.79 Å². The summed E-state index contributed by atoms with van der Waals surface area (Å²) < 4.78 is 5.31. The van der Waals surface area contributed by atoms with Crippen molar-refractivity contribution < 1.29 is 14.3 Å². The SMILES string of the molecule is Cc1ccc(C(=O)NC[C@@](C)(Cc2ccccc2)[C@@H](C)O)o1. The Kier molecular flexibility index (Phi) is 5.03. The van der Waals surface area contributed by atoms with Crippen LogP contribution in [0.2, 0.25) is 0 Å². The summed E-state index contributed by atoms with van der Waals surface area (Å²) in [6, 6.07) is 13.4. The van der Waals surface area contributed by atoms with Gasteiger partial charge in [-0.25, -0.2) is 0 Å². The summed E-state index contributed by atoms with van der Waals surface area (Å²) in [4.78, 5) is 12.1. The molecule has 0 saturated carbocycles. The van der Waals surface area contributed by atoms with Crippen molar-refractivity contribution >= 4 is 5.91 Å². The highest BCUT2D eigenvalue weighted by molar-refractivity contribution is 5.91. The minimum atomic E-state index is -0.550. The van der Waals surface area contributed by atoms with Gasteiger partial charge in [0.2, 0.25) is 0 Å². The Labute approximate surface area is 131 Å². The third-order valence-electron chi connectivity index (χ3n) is 4.08. The number of furan rings is 1. The van der Waals surface area contributed by atoms with Crippen LogP contribution in [-0.2, 0) is 6.42 Å². The first-order valence-corrected chi connectivity index (χ1v) is 7.47. The number of benzene rings is 1. The van der Waals surface area contributed by atoms with E-state index in [1.54, 1.807) is 26.0 Å². The topological polar surface area (TPSA) is 62.5 Å². The minimum Gasteiger partial charge on any atom is -0.456 e. The zero-order valence-corrected chi connectivity index (χ0v) is 13.3. The molecule has 0 unspecified atom stereocenters. The normalized spacial score (nSPS) is 15.1. The van der Waals surface area contributed by atoms with Crippen molar-refractivity contribution in [2.75, 3.05) is 6.54 Å². The maximum absolute atomic E-state index is 12.1. The van der Waals surface area contributed by atoms with Crippen LogP contribution in [0.4, 0.5) is 0 Å². The van der Waals surface area contributed by atoms with Crippen molar-refractivity contribution in [1.29, 1.82) is 0 Å². The van der Waals surface area contributed by atoms with Gasteiger partial charge < -0.3 is 14.8 Å². The van der Waals surface area contributed by atoms with Crippen LogP contribution in [-0.4, -0.2) is 23.7 Å². The molecule has 1 heterocycles. The van der Waals surface area contributed by atoms with Gasteiger partial charge in [0.05, 0.1) is 6.10 Å². The summed E-state index contributed by atoms with van der Waals surface area (Å²) >= 11 is 0. The molecule has 1 aromatic carbocycles. The first-order chi connectivity index (χ1) is 10.4. The molecular formula is C18H23NO3. The number of amides is 1. The molecule has 0 spiro atoms. The fourth-order valence-corrected chi connectivity index (χ4v) is 2.35. The molecule has 2 rings (SSSR count). The summed E-state index contributed by atoms with van der Waals surface area (Å²) in [5.74, 6) is 0.742. The molecule has 0 aliphatic carbocycles. The molecule has 4 nitrogen and oxygen atoms in total. The first kappa shape index (κ1) is 16.3. The largest absolute Gasteiger partial charge is 0.456 e. The van der Waals surface area contributed by atoms with Crippen LogP contribution in [0.1, 0.15) is 35.7 Å². The van der Waals surface area contributed by atoms with Gasteiger partial charge >= 0.3 is 0 Å². The van der Waals surface area contributed by atoms with E-state index in [4.69, 9.17) is 4.42 Å². The highest BCUT2D eigenvalue weighted by atomic mass is 16.3. The van der Waals surface area contributed by atoms with Gasteiger partial charge in [-0.1, -0.05) is 37.3 Å². The van der Waals surface area contributed by atoms with Crippen molar-refractivity contribution in [3.8, 4) is 0 Å². The van der Waals surface area contributed by atoms with Gasteiger partial charge in [0.1, 0.15) is 5.76 Å². The van der Waals surface area contributed by atoms with Crippen LogP contribution in [0.3, 0.4) is 0 Å². The van der Waals surface area contributed by atoms with Crippen molar-refractivity contribution in [2.24, 2.45) is 5.41 Å². The standard InChI is InChI=1S/C18H23NO3/c1-13-9-10-16(22-13)17(21)19-12-18(3,14(2)20)11-15-7-5-4-6-8-15/h4-10,14,20H,11-12H2,1-3H3,(H,19,21)/t14-,18-/m1/s1. The maximum Gasteiger partial charge on any atom is 0.287 e. The Bertz CT molecular complexity index is 618. The molecular weight excluding hydrogens is 278 g/mol. The average Bonchev–Trinajstić information content (AvgIpc) is 2.92. The number of aryl methyl sites for hydroxylation is 1. The summed E-state index contributed by atoms with van der Waals surface area (Å²) in [5.41, 5.74) is 0.688. The molecule has 1 amide bonds. The van der Waals surface area contributed by atoms with Gasteiger partial charge in [0.15, 0.2) is 5.76 Å². The van der Waals surface area contributed by atoms with E-state index in [1.807, 2.05) is 37.3 Å². The van der Waals surface area contributed by atoms with Gasteiger partial charge in [0, 0.05) is 12.0 Å². The van der Waals surface area contributed by atoms with Crippen molar-refractivity contribution in [3.63, 3.8) is 0 Å². The predicted octanol–water partition coefficient (Wildman–Crippen LogP) is 2.95. The van der Waals surface area contributed by atoms with Crippen LogP contribution >= 0.6 is 0 Å². The van der Waals surface area contributed by atoms with Gasteiger partial charge in [0.25, 0.3) is 5.91 Å². The van der Waals surface area contributed by atoms with E-state index in [0.717, 1.165) is 5.56 Å². The summed E-state index contributed by atoms with van der Waals surface area (Å²) in [5, 5.41) is 13.0. The molecule has 2 atom stereocenters. The maximum atomic E-state index is 12.1. The fourth-order valence-electron chi connectivity index (χ4n) is 2.35. The lowest BCUT2D eigenvalue weighted by Crippen LogP contribution is -2.43. The molecule has 22 heavy (non-hydrogen) atoms. The van der Waals surface area contributed by atoms with Crippen LogP contribution in [0.5, 0.6) is 0 Å². The zero-order valence-electron chi connectivity index (χ0n) is 13.3. The molecule has 4 heteroatoms. The average molecular weight is 301 g/mol. The number of hydrogen-bond donors (Lipinski definition) is 2. The molecule has 2 N–H and O–H groups in total. The summed E-state index contributed by atoms with van der Waals surface area (Å²) in [7, 11) is 0. The van der Waals surface area contributed by atoms with E-state index in [0.29, 0.717) is 24.5 Å². The molecule has 0 bridgehead atoms. The van der Waals surface area contributed by atoms with E-state index in [1.165, 1.54) is 0 Å². The van der Waals surface area contributed by atoms with Gasteiger partial charge in [-0.05, 0) is 38.0 Å². The molecule has 0 aliphatic heterocycles. The third kappa shape index (κ3) is 3.98. The second kappa shape index (κ2) is 6.79. The van der Waals surface area contributed by atoms with Crippen LogP contribution in [0.15, 0.2) is 46.9 Å². The number of carbonyl (C=O) groups excluding carboxylic acids is 1. The zero-order chi connectivity index (χ0) is 16.2. The monoisotopic (exact) mass is 301 g/mol. The Hall–Kier alpha value is -2.07. The van der Waals surface area contributed by atoms with Crippen LogP contribution in [0.25, 0.3) is 0 Å². The van der Waals surface area contributed by atoms with Crippen molar-refractivity contribution in [1.82, 2.24) is 5.32 Å². The number of nitrogens with one attached hydrogen (secondary N) is 1. The van der Waals surface area contributed by atoms with E-state index < -0.39 is 11.5 Å². The smallest absolute Gasteiger partial charge is 0.287 e. The van der Waals surface area contributed by atoms with E-state index in [-0.39, 0.29) is 5.91 Å². The van der Waals surface area contributed by atoms with Gasteiger partial charge in [-0.15, -0.1) is 0 Å². The van der Waals surface area contributed by atoms with Gasteiger partial charge in [-0.2, -0.15) is 0 Å². The van der Waals surface area contributed by atoms with Crippen molar-refractivity contribution in [2.45, 2.75) is 33.3 Å². The lowest BCUT2D eigenvalue weighted by molar-refractivity contribution is 0.0495. The molecule has 0 aliphatic rings. The molecule has 0 saturated heterocycles. The lowest BCUT2D eigenvalue weighted by Gasteiger charge is -2.33. The number of rotatable bonds is 6. The predicted molar refractivity (Wildman–Crippen MR) is 85.7 cm³/mol. The van der Waals surface area contributed by atoms with E-state index in [2.05, 4.69) is 5.32 Å². The van der Waals surface area contributed by atoms with Crippen molar-refractivity contribution in [3.05, 3.63) is 59.5 Å². The summed E-state index contributed by atoms with van der Waals surface area (Å²) in [6.07, 6.45) is 0.134. The highest BCUT2D eigenvalue weighted by Gasteiger charge is 2.31. The Morgan fingerprint density at radius 3 is 2.50 bits per heavy atom. The summed E-state index contributed by atoms with van der Waals surface area (Å²) in [6.45, 7) is 5.90. The number of aliphatic hydroxyl groups excluding tert-OH is 1.